The summed E-state index contributed by atoms with van der Waals surface area (Å²) in [7, 11) is 3.17. The second kappa shape index (κ2) is 6.00. The first-order chi connectivity index (χ1) is 7.99. The van der Waals surface area contributed by atoms with Gasteiger partial charge in [0.1, 0.15) is 0 Å². The fraction of sp³-hybridized carbons (Fsp3) is 0.833. The van der Waals surface area contributed by atoms with Crippen LogP contribution in [0.2, 0.25) is 0 Å². The SMILES string of the molecule is COC(=O)CCCN(C)C(=O)C1(C)CCNC1. The quantitative estimate of drug-likeness (QED) is 0.709. The normalized spacial score (nSPS) is 23.5. The minimum atomic E-state index is -0.278. The van der Waals surface area contributed by atoms with Crippen molar-refractivity contribution in [2.24, 2.45) is 5.41 Å². The van der Waals surface area contributed by atoms with Crippen LogP contribution in [0.15, 0.2) is 0 Å². The highest BCUT2D eigenvalue weighted by molar-refractivity contribution is 5.82. The molecule has 1 N–H and O–H groups in total. The molecule has 0 radical (unpaired) electrons. The maximum Gasteiger partial charge on any atom is 0.305 e. The van der Waals surface area contributed by atoms with Crippen LogP contribution in [0.5, 0.6) is 0 Å². The van der Waals surface area contributed by atoms with Crippen LogP contribution in [0.25, 0.3) is 0 Å². The molecule has 1 heterocycles. The van der Waals surface area contributed by atoms with E-state index in [0.29, 0.717) is 19.4 Å². The van der Waals surface area contributed by atoms with E-state index >= 15 is 0 Å². The molecule has 0 aliphatic carbocycles. The summed E-state index contributed by atoms with van der Waals surface area (Å²) in [6.07, 6.45) is 1.90. The van der Waals surface area contributed by atoms with Crippen molar-refractivity contribution in [2.75, 3.05) is 33.8 Å². The molecule has 5 heteroatoms. The Labute approximate surface area is 102 Å². The van der Waals surface area contributed by atoms with Gasteiger partial charge in [0.25, 0.3) is 0 Å². The summed E-state index contributed by atoms with van der Waals surface area (Å²) in [5.41, 5.74) is -0.278. The van der Waals surface area contributed by atoms with Gasteiger partial charge in [-0.15, -0.1) is 0 Å². The highest BCUT2D eigenvalue weighted by Crippen LogP contribution is 2.26. The van der Waals surface area contributed by atoms with Crippen LogP contribution >= 0.6 is 0 Å². The summed E-state index contributed by atoms with van der Waals surface area (Å²) < 4.78 is 4.56. The zero-order chi connectivity index (χ0) is 12.9. The summed E-state index contributed by atoms with van der Waals surface area (Å²) in [4.78, 5) is 24.8. The van der Waals surface area contributed by atoms with E-state index in [0.717, 1.165) is 19.5 Å². The van der Waals surface area contributed by atoms with Gasteiger partial charge in [-0.05, 0) is 26.3 Å². The van der Waals surface area contributed by atoms with Crippen molar-refractivity contribution in [2.45, 2.75) is 26.2 Å². The predicted octanol–water partition coefficient (Wildman–Crippen LogP) is 0.398. The number of rotatable bonds is 5. The number of esters is 1. The van der Waals surface area contributed by atoms with Gasteiger partial charge in [0.05, 0.1) is 12.5 Å². The molecule has 5 nitrogen and oxygen atoms in total. The zero-order valence-corrected chi connectivity index (χ0v) is 10.9. The van der Waals surface area contributed by atoms with Crippen molar-refractivity contribution >= 4 is 11.9 Å². The van der Waals surface area contributed by atoms with Gasteiger partial charge >= 0.3 is 5.97 Å². The largest absolute Gasteiger partial charge is 0.469 e. The summed E-state index contributed by atoms with van der Waals surface area (Å²) in [6, 6.07) is 0. The third-order valence-corrected chi connectivity index (χ3v) is 3.33. The molecule has 1 fully saturated rings. The number of methoxy groups -OCH3 is 1. The molecule has 1 amide bonds. The van der Waals surface area contributed by atoms with Gasteiger partial charge < -0.3 is 15.0 Å². The maximum atomic E-state index is 12.2. The summed E-state index contributed by atoms with van der Waals surface area (Å²) in [6.45, 7) is 4.24. The number of hydrogen-bond donors (Lipinski definition) is 1. The molecule has 0 aromatic heterocycles. The van der Waals surface area contributed by atoms with E-state index in [1.807, 2.05) is 6.92 Å². The van der Waals surface area contributed by atoms with Crippen molar-refractivity contribution < 1.29 is 14.3 Å². The molecule has 0 spiro atoms. The van der Waals surface area contributed by atoms with E-state index in [4.69, 9.17) is 0 Å². The lowest BCUT2D eigenvalue weighted by molar-refractivity contribution is -0.142. The fourth-order valence-corrected chi connectivity index (χ4v) is 2.12. The highest BCUT2D eigenvalue weighted by atomic mass is 16.5. The van der Waals surface area contributed by atoms with Crippen LogP contribution in [0.3, 0.4) is 0 Å². The smallest absolute Gasteiger partial charge is 0.305 e. The molecule has 1 aliphatic rings. The molecule has 1 rings (SSSR count). The van der Waals surface area contributed by atoms with Gasteiger partial charge in [-0.2, -0.15) is 0 Å². The number of carbonyl (C=O) groups excluding carboxylic acids is 2. The molecule has 0 aromatic rings. The number of hydrogen-bond acceptors (Lipinski definition) is 4. The molecule has 0 saturated carbocycles. The Hall–Kier alpha value is -1.10. The van der Waals surface area contributed by atoms with E-state index in [2.05, 4.69) is 10.1 Å². The molecule has 98 valence electrons. The lowest BCUT2D eigenvalue weighted by Gasteiger charge is -2.28. The molecule has 0 aromatic carbocycles. The molecule has 1 saturated heterocycles. The van der Waals surface area contributed by atoms with E-state index in [9.17, 15) is 9.59 Å². The molecule has 1 unspecified atom stereocenters. The molecule has 0 bridgehead atoms. The van der Waals surface area contributed by atoms with Crippen LogP contribution < -0.4 is 5.32 Å². The lowest BCUT2D eigenvalue weighted by atomic mass is 9.88. The van der Waals surface area contributed by atoms with Crippen molar-refractivity contribution in [3.8, 4) is 0 Å². The van der Waals surface area contributed by atoms with E-state index in [1.165, 1.54) is 7.11 Å². The van der Waals surface area contributed by atoms with Gasteiger partial charge in [0.2, 0.25) is 5.91 Å². The molecule has 1 atom stereocenters. The second-order valence-electron chi connectivity index (χ2n) is 4.89. The van der Waals surface area contributed by atoms with Gasteiger partial charge in [-0.1, -0.05) is 0 Å². The summed E-state index contributed by atoms with van der Waals surface area (Å²) in [5.74, 6) is -0.0630. The second-order valence-corrected chi connectivity index (χ2v) is 4.89. The van der Waals surface area contributed by atoms with Gasteiger partial charge in [0, 0.05) is 26.6 Å². The number of ether oxygens (including phenoxy) is 1. The minimum Gasteiger partial charge on any atom is -0.469 e. The minimum absolute atomic E-state index is 0.160. The average molecular weight is 242 g/mol. The molecular weight excluding hydrogens is 220 g/mol. The van der Waals surface area contributed by atoms with E-state index < -0.39 is 0 Å². The topological polar surface area (TPSA) is 58.6 Å². The Morgan fingerprint density at radius 3 is 2.71 bits per heavy atom. The average Bonchev–Trinajstić information content (AvgIpc) is 2.76. The Kier molecular flexibility index (Phi) is 4.93. The monoisotopic (exact) mass is 242 g/mol. The van der Waals surface area contributed by atoms with Gasteiger partial charge in [0.15, 0.2) is 0 Å². The van der Waals surface area contributed by atoms with Crippen molar-refractivity contribution in [3.63, 3.8) is 0 Å². The molecular formula is C12H22N2O3. The third kappa shape index (κ3) is 3.70. The number of nitrogens with zero attached hydrogens (tertiary/aromatic N) is 1. The fourth-order valence-electron chi connectivity index (χ4n) is 2.12. The Balaban J connectivity index is 2.34. The van der Waals surface area contributed by atoms with Gasteiger partial charge in [-0.3, -0.25) is 9.59 Å². The third-order valence-electron chi connectivity index (χ3n) is 3.33. The summed E-state index contributed by atoms with van der Waals surface area (Å²) in [5, 5.41) is 3.21. The van der Waals surface area contributed by atoms with Crippen molar-refractivity contribution in [1.29, 1.82) is 0 Å². The number of nitrogens with one attached hydrogen (secondary N) is 1. The van der Waals surface area contributed by atoms with E-state index in [-0.39, 0.29) is 17.3 Å². The first-order valence-electron chi connectivity index (χ1n) is 6.03. The lowest BCUT2D eigenvalue weighted by Crippen LogP contribution is -2.42. The van der Waals surface area contributed by atoms with Crippen LogP contribution in [0.4, 0.5) is 0 Å². The van der Waals surface area contributed by atoms with E-state index in [1.54, 1.807) is 11.9 Å². The zero-order valence-electron chi connectivity index (χ0n) is 10.9. The highest BCUT2D eigenvalue weighted by Gasteiger charge is 2.37. The van der Waals surface area contributed by atoms with Crippen LogP contribution in [-0.4, -0.2) is 50.6 Å². The Morgan fingerprint density at radius 2 is 2.18 bits per heavy atom. The van der Waals surface area contributed by atoms with Crippen LogP contribution in [-0.2, 0) is 14.3 Å². The standard InChI is InChI=1S/C12H22N2O3/c1-12(6-7-13-9-12)11(16)14(2)8-4-5-10(15)17-3/h13H,4-9H2,1-3H3. The number of amides is 1. The maximum absolute atomic E-state index is 12.2. The first-order valence-corrected chi connectivity index (χ1v) is 6.03. The van der Waals surface area contributed by atoms with Crippen molar-refractivity contribution in [1.82, 2.24) is 10.2 Å². The summed E-state index contributed by atoms with van der Waals surface area (Å²) >= 11 is 0. The Morgan fingerprint density at radius 1 is 1.47 bits per heavy atom. The predicted molar refractivity (Wildman–Crippen MR) is 64.5 cm³/mol. The number of carbonyl (C=O) groups is 2. The van der Waals surface area contributed by atoms with Crippen molar-refractivity contribution in [3.05, 3.63) is 0 Å². The van der Waals surface area contributed by atoms with Crippen LogP contribution in [0.1, 0.15) is 26.2 Å². The van der Waals surface area contributed by atoms with Gasteiger partial charge in [-0.25, -0.2) is 0 Å². The Bertz CT molecular complexity index is 285. The first kappa shape index (κ1) is 14.0. The van der Waals surface area contributed by atoms with Crippen LogP contribution in [0, 0.1) is 5.41 Å². The molecule has 1 aliphatic heterocycles. The molecule has 17 heavy (non-hydrogen) atoms.